The average molecular weight is 257 g/mol. The van der Waals surface area contributed by atoms with E-state index in [9.17, 15) is 9.90 Å². The monoisotopic (exact) mass is 257 g/mol. The number of piperidine rings is 1. The van der Waals surface area contributed by atoms with Crippen LogP contribution in [0.2, 0.25) is 0 Å². The van der Waals surface area contributed by atoms with Gasteiger partial charge in [-0.25, -0.2) is 0 Å². The zero-order chi connectivity index (χ0) is 13.6. The van der Waals surface area contributed by atoms with Crippen LogP contribution in [-0.4, -0.2) is 48.8 Å². The van der Waals surface area contributed by atoms with Crippen LogP contribution in [-0.2, 0) is 9.53 Å². The molecule has 1 saturated heterocycles. The number of ether oxygens (including phenoxy) is 1. The van der Waals surface area contributed by atoms with Crippen molar-refractivity contribution in [3.8, 4) is 0 Å². The Morgan fingerprint density at radius 3 is 2.50 bits per heavy atom. The Kier molecular flexibility index (Phi) is 6.09. The van der Waals surface area contributed by atoms with Gasteiger partial charge in [0.2, 0.25) is 0 Å². The van der Waals surface area contributed by atoms with Gasteiger partial charge in [0, 0.05) is 19.8 Å². The lowest BCUT2D eigenvalue weighted by Crippen LogP contribution is -2.47. The van der Waals surface area contributed by atoms with Crippen LogP contribution in [0.4, 0.5) is 0 Å². The van der Waals surface area contributed by atoms with Crippen molar-refractivity contribution in [1.82, 2.24) is 4.90 Å². The van der Waals surface area contributed by atoms with Crippen LogP contribution in [0.3, 0.4) is 0 Å². The molecule has 1 fully saturated rings. The number of carboxylic acid groups (broad SMARTS) is 1. The fraction of sp³-hybridized carbons (Fsp3) is 0.929. The van der Waals surface area contributed by atoms with E-state index in [2.05, 4.69) is 18.7 Å². The number of nitrogens with zero attached hydrogens (tertiary/aromatic N) is 1. The molecule has 0 spiro atoms. The van der Waals surface area contributed by atoms with E-state index in [-0.39, 0.29) is 0 Å². The molecule has 0 aromatic rings. The van der Waals surface area contributed by atoms with Crippen molar-refractivity contribution in [2.75, 3.05) is 26.8 Å². The van der Waals surface area contributed by atoms with E-state index in [1.807, 2.05) is 0 Å². The molecule has 0 saturated carbocycles. The van der Waals surface area contributed by atoms with Crippen LogP contribution >= 0.6 is 0 Å². The summed E-state index contributed by atoms with van der Waals surface area (Å²) >= 11 is 0. The zero-order valence-corrected chi connectivity index (χ0v) is 11.9. The molecule has 0 bridgehead atoms. The molecule has 1 atom stereocenters. The topological polar surface area (TPSA) is 49.8 Å². The van der Waals surface area contributed by atoms with Crippen LogP contribution < -0.4 is 0 Å². The summed E-state index contributed by atoms with van der Waals surface area (Å²) in [6, 6.07) is 0.485. The molecule has 1 unspecified atom stereocenters. The highest BCUT2D eigenvalue weighted by Crippen LogP contribution is 2.37. The molecule has 1 rings (SSSR count). The minimum absolute atomic E-state index is 0.466. The van der Waals surface area contributed by atoms with Gasteiger partial charge in [-0.05, 0) is 45.7 Å². The van der Waals surface area contributed by atoms with Crippen molar-refractivity contribution in [2.24, 2.45) is 5.41 Å². The van der Waals surface area contributed by atoms with E-state index in [0.717, 1.165) is 51.8 Å². The molecule has 4 nitrogen and oxygen atoms in total. The number of methoxy groups -OCH3 is 1. The first-order valence-corrected chi connectivity index (χ1v) is 7.02. The van der Waals surface area contributed by atoms with Gasteiger partial charge in [-0.1, -0.05) is 13.3 Å². The number of carboxylic acids is 1. The maximum atomic E-state index is 11.5. The summed E-state index contributed by atoms with van der Waals surface area (Å²) < 4.78 is 5.10. The van der Waals surface area contributed by atoms with Crippen molar-refractivity contribution in [3.63, 3.8) is 0 Å². The molecule has 0 aromatic carbocycles. The lowest BCUT2D eigenvalue weighted by atomic mass is 9.74. The predicted octanol–water partition coefficient (Wildman–Crippen LogP) is 2.38. The number of likely N-dealkylation sites (tertiary alicyclic amines) is 1. The third kappa shape index (κ3) is 3.69. The van der Waals surface area contributed by atoms with Crippen LogP contribution in [0.5, 0.6) is 0 Å². The minimum atomic E-state index is -0.603. The highest BCUT2D eigenvalue weighted by Gasteiger charge is 2.41. The molecule has 106 valence electrons. The summed E-state index contributed by atoms with van der Waals surface area (Å²) in [6.45, 7) is 6.84. The van der Waals surface area contributed by atoms with E-state index in [1.165, 1.54) is 0 Å². The van der Waals surface area contributed by atoms with Crippen molar-refractivity contribution >= 4 is 5.97 Å². The normalized spacial score (nSPS) is 21.7. The minimum Gasteiger partial charge on any atom is -0.481 e. The molecule has 0 radical (unpaired) electrons. The Balaban J connectivity index is 2.50. The molecule has 1 aliphatic heterocycles. The van der Waals surface area contributed by atoms with Crippen LogP contribution in [0.15, 0.2) is 0 Å². The van der Waals surface area contributed by atoms with Crippen LogP contribution in [0.1, 0.15) is 46.0 Å². The maximum absolute atomic E-state index is 11.5. The fourth-order valence-corrected chi connectivity index (χ4v) is 2.91. The van der Waals surface area contributed by atoms with E-state index in [4.69, 9.17) is 4.74 Å². The molecule has 1 N–H and O–H groups in total. The first-order valence-electron chi connectivity index (χ1n) is 7.02. The molecular weight excluding hydrogens is 230 g/mol. The second kappa shape index (κ2) is 7.10. The predicted molar refractivity (Wildman–Crippen MR) is 71.7 cm³/mol. The molecule has 0 aliphatic carbocycles. The second-order valence-corrected chi connectivity index (χ2v) is 5.50. The van der Waals surface area contributed by atoms with Crippen molar-refractivity contribution in [3.05, 3.63) is 0 Å². The number of rotatable bonds is 7. The van der Waals surface area contributed by atoms with Crippen molar-refractivity contribution in [1.29, 1.82) is 0 Å². The Morgan fingerprint density at radius 2 is 2.06 bits per heavy atom. The van der Waals surface area contributed by atoms with Gasteiger partial charge >= 0.3 is 5.97 Å². The van der Waals surface area contributed by atoms with Gasteiger partial charge < -0.3 is 14.7 Å². The van der Waals surface area contributed by atoms with E-state index in [0.29, 0.717) is 6.04 Å². The SMILES string of the molecule is CCCC1(C(=O)O)CCN(C(C)CCOC)CC1. The summed E-state index contributed by atoms with van der Waals surface area (Å²) in [7, 11) is 1.72. The average Bonchev–Trinajstić information content (AvgIpc) is 2.37. The smallest absolute Gasteiger partial charge is 0.309 e. The summed E-state index contributed by atoms with van der Waals surface area (Å²) in [5, 5.41) is 9.45. The molecule has 1 aliphatic rings. The molecule has 1 heterocycles. The summed E-state index contributed by atoms with van der Waals surface area (Å²) in [5.74, 6) is -0.603. The Morgan fingerprint density at radius 1 is 1.44 bits per heavy atom. The van der Waals surface area contributed by atoms with Gasteiger partial charge in [-0.2, -0.15) is 0 Å². The quantitative estimate of drug-likeness (QED) is 0.760. The maximum Gasteiger partial charge on any atom is 0.309 e. The highest BCUT2D eigenvalue weighted by atomic mass is 16.5. The van der Waals surface area contributed by atoms with Gasteiger partial charge in [0.05, 0.1) is 5.41 Å². The fourth-order valence-electron chi connectivity index (χ4n) is 2.91. The zero-order valence-electron chi connectivity index (χ0n) is 11.9. The third-order valence-electron chi connectivity index (χ3n) is 4.30. The van der Waals surface area contributed by atoms with Crippen LogP contribution in [0, 0.1) is 5.41 Å². The van der Waals surface area contributed by atoms with E-state index < -0.39 is 11.4 Å². The van der Waals surface area contributed by atoms with Gasteiger partial charge in [-0.3, -0.25) is 4.79 Å². The Bertz CT molecular complexity index is 260. The number of aliphatic carboxylic acids is 1. The molecule has 0 amide bonds. The number of hydrogen-bond acceptors (Lipinski definition) is 3. The van der Waals surface area contributed by atoms with E-state index in [1.54, 1.807) is 7.11 Å². The lowest BCUT2D eigenvalue weighted by molar-refractivity contribution is -0.153. The summed E-state index contributed by atoms with van der Waals surface area (Å²) in [4.78, 5) is 13.9. The molecule has 18 heavy (non-hydrogen) atoms. The third-order valence-corrected chi connectivity index (χ3v) is 4.30. The number of hydrogen-bond donors (Lipinski definition) is 1. The van der Waals surface area contributed by atoms with Crippen molar-refractivity contribution in [2.45, 2.75) is 52.0 Å². The standard InChI is InChI=1S/C14H27NO3/c1-4-6-14(13(16)17)7-9-15(10-8-14)12(2)5-11-18-3/h12H,4-11H2,1-3H3,(H,16,17). The van der Waals surface area contributed by atoms with Gasteiger partial charge in [0.1, 0.15) is 0 Å². The van der Waals surface area contributed by atoms with Gasteiger partial charge in [-0.15, -0.1) is 0 Å². The second-order valence-electron chi connectivity index (χ2n) is 5.50. The number of carbonyl (C=O) groups is 1. The Hall–Kier alpha value is -0.610. The Labute approximate surface area is 110 Å². The largest absolute Gasteiger partial charge is 0.481 e. The van der Waals surface area contributed by atoms with Gasteiger partial charge in [0.15, 0.2) is 0 Å². The first kappa shape index (κ1) is 15.4. The lowest BCUT2D eigenvalue weighted by Gasteiger charge is -2.41. The van der Waals surface area contributed by atoms with E-state index >= 15 is 0 Å². The molecular formula is C14H27NO3. The summed E-state index contributed by atoms with van der Waals surface area (Å²) in [5.41, 5.74) is -0.466. The highest BCUT2D eigenvalue weighted by molar-refractivity contribution is 5.74. The molecule has 0 aromatic heterocycles. The van der Waals surface area contributed by atoms with Gasteiger partial charge in [0.25, 0.3) is 0 Å². The first-order chi connectivity index (χ1) is 8.55. The summed E-state index contributed by atoms with van der Waals surface area (Å²) in [6.07, 6.45) is 4.35. The van der Waals surface area contributed by atoms with Crippen LogP contribution in [0.25, 0.3) is 0 Å². The molecule has 4 heteroatoms. The van der Waals surface area contributed by atoms with Crippen molar-refractivity contribution < 1.29 is 14.6 Å².